The number of benzene rings is 3. The van der Waals surface area contributed by atoms with Crippen LogP contribution in [0.25, 0.3) is 22.1 Å². The number of hydrogen-bond donors (Lipinski definition) is 0. The molecule has 0 saturated carbocycles. The molecule has 0 aliphatic rings. The second-order valence-corrected chi connectivity index (χ2v) is 10.1. The van der Waals surface area contributed by atoms with Crippen molar-refractivity contribution in [3.05, 3.63) is 101 Å². The topological polar surface area (TPSA) is 43.6 Å². The SMILES string of the molecule is Cc1cc2nc3s/c(=C\c4cc(Cl)ccc4OCc4ccc(Cl)cc4Cl)c(=O)n3c2cc1C. The first-order chi connectivity index (χ1) is 15.8. The van der Waals surface area contributed by atoms with Crippen LogP contribution in [0.1, 0.15) is 22.3 Å². The molecule has 0 aliphatic carbocycles. The lowest BCUT2D eigenvalue weighted by atomic mass is 10.1. The minimum absolute atomic E-state index is 0.118. The Hall–Kier alpha value is -2.57. The van der Waals surface area contributed by atoms with Gasteiger partial charge in [-0.3, -0.25) is 4.79 Å². The molecule has 0 amide bonds. The molecule has 0 aliphatic heterocycles. The first-order valence-corrected chi connectivity index (χ1v) is 12.1. The first-order valence-electron chi connectivity index (χ1n) is 10.1. The van der Waals surface area contributed by atoms with E-state index in [1.807, 2.05) is 32.0 Å². The van der Waals surface area contributed by atoms with Gasteiger partial charge in [-0.2, -0.15) is 0 Å². The van der Waals surface area contributed by atoms with E-state index in [0.29, 0.717) is 35.9 Å². The molecule has 0 unspecified atom stereocenters. The number of imidazole rings is 1. The minimum Gasteiger partial charge on any atom is -0.488 e. The van der Waals surface area contributed by atoms with Crippen molar-refractivity contribution in [2.24, 2.45) is 0 Å². The summed E-state index contributed by atoms with van der Waals surface area (Å²) in [7, 11) is 0. The molecule has 0 radical (unpaired) electrons. The van der Waals surface area contributed by atoms with E-state index in [4.69, 9.17) is 39.5 Å². The normalized spacial score (nSPS) is 12.2. The van der Waals surface area contributed by atoms with Gasteiger partial charge in [0.05, 0.1) is 15.6 Å². The Bertz CT molecular complexity index is 1660. The highest BCUT2D eigenvalue weighted by Gasteiger charge is 2.13. The van der Waals surface area contributed by atoms with E-state index >= 15 is 0 Å². The highest BCUT2D eigenvalue weighted by molar-refractivity contribution is 7.15. The Kier molecular flexibility index (Phi) is 5.83. The summed E-state index contributed by atoms with van der Waals surface area (Å²) >= 11 is 19.8. The Balaban J connectivity index is 1.57. The van der Waals surface area contributed by atoms with Crippen LogP contribution in [0.2, 0.25) is 15.1 Å². The second-order valence-electron chi connectivity index (χ2n) is 7.78. The van der Waals surface area contributed by atoms with Crippen LogP contribution in [-0.2, 0) is 6.61 Å². The Morgan fingerprint density at radius 2 is 1.73 bits per heavy atom. The number of fused-ring (bicyclic) bond motifs is 3. The van der Waals surface area contributed by atoms with Crippen molar-refractivity contribution in [3.8, 4) is 5.75 Å². The van der Waals surface area contributed by atoms with Crippen molar-refractivity contribution in [3.63, 3.8) is 0 Å². The van der Waals surface area contributed by atoms with Crippen molar-refractivity contribution in [2.75, 3.05) is 0 Å². The molecule has 33 heavy (non-hydrogen) atoms. The smallest absolute Gasteiger partial charge is 0.274 e. The van der Waals surface area contributed by atoms with Crippen LogP contribution in [0.5, 0.6) is 5.75 Å². The predicted molar refractivity (Wildman–Crippen MR) is 137 cm³/mol. The molecule has 5 aromatic rings. The highest BCUT2D eigenvalue weighted by Crippen LogP contribution is 2.27. The molecule has 2 heterocycles. The number of aromatic nitrogens is 2. The number of rotatable bonds is 4. The molecule has 0 saturated heterocycles. The molecule has 4 nitrogen and oxygen atoms in total. The van der Waals surface area contributed by atoms with Gasteiger partial charge < -0.3 is 4.74 Å². The zero-order chi connectivity index (χ0) is 23.3. The van der Waals surface area contributed by atoms with Gasteiger partial charge in [-0.05, 0) is 73.5 Å². The van der Waals surface area contributed by atoms with Crippen LogP contribution >= 0.6 is 46.1 Å². The predicted octanol–water partition coefficient (Wildman–Crippen LogP) is 6.61. The molecule has 5 rings (SSSR count). The molecule has 3 aromatic carbocycles. The average molecular weight is 516 g/mol. The zero-order valence-electron chi connectivity index (χ0n) is 17.7. The van der Waals surface area contributed by atoms with Crippen LogP contribution in [0.3, 0.4) is 0 Å². The highest BCUT2D eigenvalue weighted by atomic mass is 35.5. The molecule has 0 bridgehead atoms. The summed E-state index contributed by atoms with van der Waals surface area (Å²) in [6.45, 7) is 4.32. The molecule has 0 N–H and O–H groups in total. The maximum Gasteiger partial charge on any atom is 0.274 e. The Labute approximate surface area is 208 Å². The van der Waals surface area contributed by atoms with Crippen molar-refractivity contribution < 1.29 is 4.74 Å². The van der Waals surface area contributed by atoms with Gasteiger partial charge in [-0.15, -0.1) is 0 Å². The van der Waals surface area contributed by atoms with E-state index in [-0.39, 0.29) is 12.2 Å². The van der Waals surface area contributed by atoms with Crippen molar-refractivity contribution in [1.29, 1.82) is 0 Å². The van der Waals surface area contributed by atoms with E-state index < -0.39 is 0 Å². The number of hydrogen-bond acceptors (Lipinski definition) is 4. The third-order valence-electron chi connectivity index (χ3n) is 5.51. The lowest BCUT2D eigenvalue weighted by Crippen LogP contribution is -2.22. The van der Waals surface area contributed by atoms with E-state index in [1.165, 1.54) is 11.3 Å². The van der Waals surface area contributed by atoms with Gasteiger partial charge in [0.2, 0.25) is 0 Å². The lowest BCUT2D eigenvalue weighted by molar-refractivity contribution is 0.305. The molecule has 0 spiro atoms. The van der Waals surface area contributed by atoms with Crippen molar-refractivity contribution in [2.45, 2.75) is 20.5 Å². The van der Waals surface area contributed by atoms with Crippen LogP contribution in [0.15, 0.2) is 53.3 Å². The minimum atomic E-state index is -0.118. The van der Waals surface area contributed by atoms with E-state index in [0.717, 1.165) is 27.7 Å². The summed E-state index contributed by atoms with van der Waals surface area (Å²) in [5.74, 6) is 0.590. The summed E-state index contributed by atoms with van der Waals surface area (Å²) in [5, 5.41) is 1.64. The number of ether oxygens (including phenoxy) is 1. The van der Waals surface area contributed by atoms with E-state index in [9.17, 15) is 4.79 Å². The quantitative estimate of drug-likeness (QED) is 0.270. The molecule has 166 valence electrons. The largest absolute Gasteiger partial charge is 0.488 e. The van der Waals surface area contributed by atoms with Gasteiger partial charge in [0, 0.05) is 26.2 Å². The molecular formula is C25H17Cl3N2O2S. The third-order valence-corrected chi connectivity index (χ3v) is 7.30. The van der Waals surface area contributed by atoms with Gasteiger partial charge in [-0.25, -0.2) is 9.38 Å². The average Bonchev–Trinajstić information content (AvgIpc) is 3.25. The second kappa shape index (κ2) is 8.65. The van der Waals surface area contributed by atoms with Crippen LogP contribution in [0.4, 0.5) is 0 Å². The summed E-state index contributed by atoms with van der Waals surface area (Å²) in [6.07, 6.45) is 1.79. The van der Waals surface area contributed by atoms with E-state index in [1.54, 1.807) is 40.8 Å². The molecular weight excluding hydrogens is 499 g/mol. The van der Waals surface area contributed by atoms with Crippen molar-refractivity contribution >= 4 is 68.2 Å². The molecule has 0 fully saturated rings. The fourth-order valence-electron chi connectivity index (χ4n) is 3.62. The fourth-order valence-corrected chi connectivity index (χ4v) is 5.24. The van der Waals surface area contributed by atoms with Gasteiger partial charge in [0.1, 0.15) is 12.4 Å². The van der Waals surface area contributed by atoms with Crippen molar-refractivity contribution in [1.82, 2.24) is 9.38 Å². The Morgan fingerprint density at radius 3 is 2.52 bits per heavy atom. The molecule has 2 aromatic heterocycles. The molecule has 0 atom stereocenters. The summed E-state index contributed by atoms with van der Waals surface area (Å²) < 4.78 is 8.24. The maximum absolute atomic E-state index is 13.3. The summed E-state index contributed by atoms with van der Waals surface area (Å²) in [4.78, 5) is 18.6. The van der Waals surface area contributed by atoms with Gasteiger partial charge >= 0.3 is 0 Å². The number of aryl methyl sites for hydroxylation is 2. The first kappa shape index (κ1) is 22.2. The molecule has 8 heteroatoms. The summed E-state index contributed by atoms with van der Waals surface area (Å²) in [6, 6.07) is 14.6. The number of halogens is 3. The van der Waals surface area contributed by atoms with Gasteiger partial charge in [-0.1, -0.05) is 52.2 Å². The monoisotopic (exact) mass is 514 g/mol. The van der Waals surface area contributed by atoms with E-state index in [2.05, 4.69) is 4.98 Å². The van der Waals surface area contributed by atoms with Gasteiger partial charge in [0.15, 0.2) is 4.96 Å². The number of nitrogens with zero attached hydrogens (tertiary/aromatic N) is 2. The number of thiazole rings is 1. The van der Waals surface area contributed by atoms with Crippen LogP contribution < -0.4 is 14.8 Å². The third kappa shape index (κ3) is 4.22. The fraction of sp³-hybridized carbons (Fsp3) is 0.120. The van der Waals surface area contributed by atoms with Crippen LogP contribution in [0, 0.1) is 13.8 Å². The standard InChI is InChI=1S/C25H17Cl3N2O2S/c1-13-7-20-21(8-14(13)2)30-24(31)23(33-25(30)29-20)10-16-9-17(26)5-6-22(16)32-12-15-3-4-18(27)11-19(15)28/h3-11H,12H2,1-2H3/b23-10-. The zero-order valence-corrected chi connectivity index (χ0v) is 20.7. The Morgan fingerprint density at radius 1 is 1.00 bits per heavy atom. The maximum atomic E-state index is 13.3. The summed E-state index contributed by atoms with van der Waals surface area (Å²) in [5.41, 5.74) is 5.28. The van der Waals surface area contributed by atoms with Crippen LogP contribution in [-0.4, -0.2) is 9.38 Å². The lowest BCUT2D eigenvalue weighted by Gasteiger charge is -2.11. The van der Waals surface area contributed by atoms with Gasteiger partial charge in [0.25, 0.3) is 5.56 Å².